The third-order valence-electron chi connectivity index (χ3n) is 5.01. The summed E-state index contributed by atoms with van der Waals surface area (Å²) in [4.78, 5) is 38.4. The van der Waals surface area contributed by atoms with Gasteiger partial charge >= 0.3 is 11.8 Å². The molecule has 4 rings (SSSR count). The molecule has 0 atom stereocenters. The Hall–Kier alpha value is -3.33. The van der Waals surface area contributed by atoms with E-state index in [0.29, 0.717) is 37.9 Å². The lowest BCUT2D eigenvalue weighted by Crippen LogP contribution is -2.36. The summed E-state index contributed by atoms with van der Waals surface area (Å²) in [5.74, 6) is -2.38. The van der Waals surface area contributed by atoms with Crippen LogP contribution in [0, 0.1) is 6.92 Å². The van der Waals surface area contributed by atoms with E-state index in [2.05, 4.69) is 32.0 Å². The quantitative estimate of drug-likeness (QED) is 0.268. The molecule has 0 radical (unpaired) electrons. The first kappa shape index (κ1) is 23.8. The van der Waals surface area contributed by atoms with Crippen LogP contribution in [0.15, 0.2) is 71.2 Å². The van der Waals surface area contributed by atoms with Crippen LogP contribution < -0.4 is 16.1 Å². The molecule has 0 fully saturated rings. The van der Waals surface area contributed by atoms with E-state index in [-0.39, 0.29) is 5.69 Å². The molecule has 3 aromatic carbocycles. The predicted octanol–water partition coefficient (Wildman–Crippen LogP) is 5.98. The third kappa shape index (κ3) is 5.09. The molecule has 10 heteroatoms. The lowest BCUT2D eigenvalue weighted by atomic mass is 10.2. The number of nitrogens with one attached hydrogen (secondary N) is 3. The number of carbonyl (C=O) groups excluding carboxylic acids is 3. The standard InChI is InChI=1S/C24H17BrCl2N4O3/c1-13-18(27)6-3-7-19(13)29-22(32)21-11-14-10-15(25)8-9-20(14)31(21)30-24(34)23(33)28-17-5-2-4-16(26)12-17/h2-12H,1H3,(H,28,33)(H,29,32)(H,30,34). The highest BCUT2D eigenvalue weighted by molar-refractivity contribution is 9.10. The number of hydrogen-bond donors (Lipinski definition) is 3. The number of nitrogens with zero attached hydrogens (tertiary/aromatic N) is 1. The lowest BCUT2D eigenvalue weighted by molar-refractivity contribution is -0.133. The maximum Gasteiger partial charge on any atom is 0.328 e. The smallest absolute Gasteiger partial charge is 0.320 e. The fourth-order valence-corrected chi connectivity index (χ4v) is 4.05. The van der Waals surface area contributed by atoms with E-state index in [1.54, 1.807) is 67.6 Å². The van der Waals surface area contributed by atoms with E-state index in [1.807, 2.05) is 0 Å². The summed E-state index contributed by atoms with van der Waals surface area (Å²) in [6.45, 7) is 1.78. The highest BCUT2D eigenvalue weighted by Gasteiger charge is 2.22. The van der Waals surface area contributed by atoms with Crippen molar-refractivity contribution in [2.45, 2.75) is 6.92 Å². The van der Waals surface area contributed by atoms with E-state index in [1.165, 1.54) is 10.7 Å². The Morgan fingerprint density at radius 2 is 1.65 bits per heavy atom. The fourth-order valence-electron chi connectivity index (χ4n) is 3.31. The molecule has 3 N–H and O–H groups in total. The number of rotatable bonds is 4. The van der Waals surface area contributed by atoms with Gasteiger partial charge in [0.2, 0.25) is 0 Å². The largest absolute Gasteiger partial charge is 0.328 e. The van der Waals surface area contributed by atoms with Crippen molar-refractivity contribution in [2.75, 3.05) is 16.1 Å². The molecule has 172 valence electrons. The SMILES string of the molecule is Cc1c(Cl)cccc1NC(=O)c1cc2cc(Br)ccc2n1NC(=O)C(=O)Nc1cccc(Cl)c1. The molecule has 0 saturated carbocycles. The summed E-state index contributed by atoms with van der Waals surface area (Å²) >= 11 is 15.5. The normalized spacial score (nSPS) is 10.7. The van der Waals surface area contributed by atoms with Crippen molar-refractivity contribution in [1.82, 2.24) is 4.68 Å². The average Bonchev–Trinajstić information content (AvgIpc) is 3.14. The minimum Gasteiger partial charge on any atom is -0.320 e. The molecular weight excluding hydrogens is 543 g/mol. The van der Waals surface area contributed by atoms with Crippen molar-refractivity contribution in [3.8, 4) is 0 Å². The Kier molecular flexibility index (Phi) is 6.92. The number of fused-ring (bicyclic) bond motifs is 1. The van der Waals surface area contributed by atoms with Crippen molar-refractivity contribution in [3.63, 3.8) is 0 Å². The van der Waals surface area contributed by atoms with Crippen molar-refractivity contribution in [1.29, 1.82) is 0 Å². The Morgan fingerprint density at radius 1 is 0.882 bits per heavy atom. The van der Waals surface area contributed by atoms with Crippen LogP contribution in [0.3, 0.4) is 0 Å². The van der Waals surface area contributed by atoms with Crippen LogP contribution >= 0.6 is 39.1 Å². The third-order valence-corrected chi connectivity index (χ3v) is 6.15. The van der Waals surface area contributed by atoms with Gasteiger partial charge in [-0.05, 0) is 67.1 Å². The van der Waals surface area contributed by atoms with Gasteiger partial charge in [-0.25, -0.2) is 4.68 Å². The summed E-state index contributed by atoms with van der Waals surface area (Å²) in [6.07, 6.45) is 0. The minimum absolute atomic E-state index is 0.122. The van der Waals surface area contributed by atoms with E-state index in [4.69, 9.17) is 23.2 Å². The maximum absolute atomic E-state index is 13.2. The molecule has 1 heterocycles. The number of halogens is 3. The second-order valence-electron chi connectivity index (χ2n) is 7.34. The number of aromatic nitrogens is 1. The van der Waals surface area contributed by atoms with Crippen LogP contribution in [0.5, 0.6) is 0 Å². The molecule has 7 nitrogen and oxygen atoms in total. The first-order chi connectivity index (χ1) is 16.2. The molecule has 0 aliphatic heterocycles. The minimum atomic E-state index is -0.964. The van der Waals surface area contributed by atoms with Gasteiger partial charge in [0.1, 0.15) is 5.69 Å². The summed E-state index contributed by atoms with van der Waals surface area (Å²) in [5, 5.41) is 6.89. The molecule has 0 saturated heterocycles. The van der Waals surface area contributed by atoms with Crippen molar-refractivity contribution in [2.24, 2.45) is 0 Å². The van der Waals surface area contributed by atoms with E-state index < -0.39 is 17.7 Å². The first-order valence-electron chi connectivity index (χ1n) is 9.98. The van der Waals surface area contributed by atoms with Crippen LogP contribution in [0.2, 0.25) is 10.0 Å². The Morgan fingerprint density at radius 3 is 2.41 bits per heavy atom. The molecule has 0 bridgehead atoms. The summed E-state index contributed by atoms with van der Waals surface area (Å²) in [6, 6.07) is 18.5. The van der Waals surface area contributed by atoms with Gasteiger partial charge in [0.15, 0.2) is 0 Å². The van der Waals surface area contributed by atoms with E-state index in [0.717, 1.165) is 4.47 Å². The van der Waals surface area contributed by atoms with E-state index in [9.17, 15) is 14.4 Å². The zero-order valence-corrected chi connectivity index (χ0v) is 20.8. The molecule has 34 heavy (non-hydrogen) atoms. The van der Waals surface area contributed by atoms with Crippen LogP contribution in [0.4, 0.5) is 11.4 Å². The number of anilines is 2. The molecule has 1 aromatic heterocycles. The van der Waals surface area contributed by atoms with Gasteiger partial charge in [0, 0.05) is 31.3 Å². The summed E-state index contributed by atoms with van der Waals surface area (Å²) in [5.41, 5.74) is 4.75. The highest BCUT2D eigenvalue weighted by Crippen LogP contribution is 2.26. The molecule has 0 aliphatic carbocycles. The van der Waals surface area contributed by atoms with Crippen molar-refractivity contribution >= 4 is 79.1 Å². The number of benzene rings is 3. The van der Waals surface area contributed by atoms with Gasteiger partial charge in [-0.3, -0.25) is 19.8 Å². The molecule has 0 unspecified atom stereocenters. The molecule has 3 amide bonds. The van der Waals surface area contributed by atoms with Gasteiger partial charge < -0.3 is 10.6 Å². The van der Waals surface area contributed by atoms with Crippen LogP contribution in [-0.2, 0) is 9.59 Å². The monoisotopic (exact) mass is 558 g/mol. The van der Waals surface area contributed by atoms with E-state index >= 15 is 0 Å². The zero-order valence-electron chi connectivity index (χ0n) is 17.7. The summed E-state index contributed by atoms with van der Waals surface area (Å²) in [7, 11) is 0. The summed E-state index contributed by atoms with van der Waals surface area (Å²) < 4.78 is 2.07. The Labute approximate surface area is 213 Å². The van der Waals surface area contributed by atoms with Crippen LogP contribution in [0.1, 0.15) is 16.1 Å². The number of hydrogen-bond acceptors (Lipinski definition) is 3. The highest BCUT2D eigenvalue weighted by atomic mass is 79.9. The zero-order chi connectivity index (χ0) is 24.4. The molecule has 4 aromatic rings. The predicted molar refractivity (Wildman–Crippen MR) is 138 cm³/mol. The molecule has 0 spiro atoms. The Bertz CT molecular complexity index is 1450. The first-order valence-corrected chi connectivity index (χ1v) is 11.5. The second-order valence-corrected chi connectivity index (χ2v) is 9.10. The topological polar surface area (TPSA) is 92.2 Å². The van der Waals surface area contributed by atoms with Gasteiger partial charge in [0.25, 0.3) is 5.91 Å². The van der Waals surface area contributed by atoms with Gasteiger partial charge in [-0.1, -0.05) is 51.3 Å². The van der Waals surface area contributed by atoms with Crippen molar-refractivity contribution < 1.29 is 14.4 Å². The van der Waals surface area contributed by atoms with Crippen LogP contribution in [-0.4, -0.2) is 22.4 Å². The maximum atomic E-state index is 13.2. The average molecular weight is 560 g/mol. The fraction of sp³-hybridized carbons (Fsp3) is 0.0417. The second kappa shape index (κ2) is 9.89. The van der Waals surface area contributed by atoms with Crippen LogP contribution in [0.25, 0.3) is 10.9 Å². The lowest BCUT2D eigenvalue weighted by Gasteiger charge is -2.14. The van der Waals surface area contributed by atoms with Gasteiger partial charge in [-0.15, -0.1) is 0 Å². The molecule has 0 aliphatic rings. The number of amides is 3. The molecular formula is C24H17BrCl2N4O3. The Balaban J connectivity index is 1.65. The van der Waals surface area contributed by atoms with Crippen molar-refractivity contribution in [3.05, 3.63) is 92.5 Å². The van der Waals surface area contributed by atoms with Gasteiger partial charge in [0.05, 0.1) is 5.52 Å². The number of carbonyl (C=O) groups is 3. The van der Waals surface area contributed by atoms with Gasteiger partial charge in [-0.2, -0.15) is 0 Å².